The van der Waals surface area contributed by atoms with Crippen LogP contribution in [0.1, 0.15) is 6.42 Å². The lowest BCUT2D eigenvalue weighted by Gasteiger charge is -2.26. The van der Waals surface area contributed by atoms with E-state index in [0.29, 0.717) is 24.0 Å². The van der Waals surface area contributed by atoms with Crippen molar-refractivity contribution in [3.63, 3.8) is 0 Å². The van der Waals surface area contributed by atoms with E-state index in [1.54, 1.807) is 24.3 Å². The first kappa shape index (κ1) is 21.9. The van der Waals surface area contributed by atoms with Gasteiger partial charge in [-0.25, -0.2) is 8.42 Å². The first-order valence-corrected chi connectivity index (χ1v) is 11.1. The van der Waals surface area contributed by atoms with Crippen molar-refractivity contribution in [2.24, 2.45) is 0 Å². The summed E-state index contributed by atoms with van der Waals surface area (Å²) in [5.41, 5.74) is 0.226. The normalized spacial score (nSPS) is 15.1. The average molecular weight is 459 g/mol. The highest BCUT2D eigenvalue weighted by molar-refractivity contribution is 7.89. The second kappa shape index (κ2) is 9.77. The van der Waals surface area contributed by atoms with Crippen LogP contribution in [0.3, 0.4) is 0 Å². The Kier molecular flexibility index (Phi) is 7.37. The van der Waals surface area contributed by atoms with Crippen LogP contribution in [0.15, 0.2) is 47.4 Å². The molecule has 0 spiro atoms. The molecule has 0 radical (unpaired) electrons. The summed E-state index contributed by atoms with van der Waals surface area (Å²) in [6.45, 7) is 1.38. The molecule has 0 atom stereocenters. The minimum absolute atomic E-state index is 0.0436. The maximum Gasteiger partial charge on any atom is 0.243 e. The molecule has 10 heteroatoms. The second-order valence-corrected chi connectivity index (χ2v) is 8.99. The van der Waals surface area contributed by atoms with E-state index in [1.807, 2.05) is 0 Å². The lowest BCUT2D eigenvalue weighted by molar-refractivity contribution is -0.116. The molecule has 7 nitrogen and oxygen atoms in total. The van der Waals surface area contributed by atoms with Gasteiger partial charge in [-0.3, -0.25) is 4.79 Å². The Morgan fingerprint density at radius 1 is 1.10 bits per heavy atom. The smallest absolute Gasteiger partial charge is 0.243 e. The van der Waals surface area contributed by atoms with E-state index in [0.717, 1.165) is 0 Å². The van der Waals surface area contributed by atoms with Crippen molar-refractivity contribution in [2.75, 3.05) is 38.2 Å². The monoisotopic (exact) mass is 458 g/mol. The fraction of sp³-hybridized carbons (Fsp3) is 0.316. The van der Waals surface area contributed by atoms with Crippen LogP contribution in [0, 0.1) is 0 Å². The Bertz CT molecular complexity index is 978. The number of morpholine rings is 1. The zero-order chi connectivity index (χ0) is 20.9. The van der Waals surface area contributed by atoms with Crippen LogP contribution in [0.25, 0.3) is 0 Å². The number of rotatable bonds is 7. The first-order chi connectivity index (χ1) is 13.9. The second-order valence-electron chi connectivity index (χ2n) is 6.24. The Balaban J connectivity index is 1.63. The maximum absolute atomic E-state index is 12.8. The van der Waals surface area contributed by atoms with E-state index < -0.39 is 10.0 Å². The molecular formula is C19H20Cl2N2O5S. The van der Waals surface area contributed by atoms with Gasteiger partial charge in [0.15, 0.2) is 0 Å². The molecular weight excluding hydrogens is 439 g/mol. The number of benzene rings is 2. The molecule has 0 aromatic heterocycles. The molecule has 0 bridgehead atoms. The third kappa shape index (κ3) is 5.61. The number of ether oxygens (including phenoxy) is 2. The molecule has 2 aromatic carbocycles. The molecule has 29 heavy (non-hydrogen) atoms. The summed E-state index contributed by atoms with van der Waals surface area (Å²) in [4.78, 5) is 12.3. The number of nitrogens with one attached hydrogen (secondary N) is 1. The van der Waals surface area contributed by atoms with Gasteiger partial charge in [-0.2, -0.15) is 4.31 Å². The van der Waals surface area contributed by atoms with E-state index in [1.165, 1.54) is 22.5 Å². The minimum Gasteiger partial charge on any atom is -0.491 e. The number of hydrogen-bond donors (Lipinski definition) is 1. The fourth-order valence-electron chi connectivity index (χ4n) is 2.72. The Labute approximate surface area is 179 Å². The topological polar surface area (TPSA) is 84.9 Å². The van der Waals surface area contributed by atoms with Crippen molar-refractivity contribution in [2.45, 2.75) is 11.3 Å². The molecule has 1 N–H and O–H groups in total. The van der Waals surface area contributed by atoms with E-state index in [9.17, 15) is 13.2 Å². The lowest BCUT2D eigenvalue weighted by atomic mass is 10.3. The van der Waals surface area contributed by atoms with Gasteiger partial charge in [0.1, 0.15) is 5.75 Å². The molecule has 1 aliphatic rings. The minimum atomic E-state index is -3.69. The molecule has 3 rings (SSSR count). The van der Waals surface area contributed by atoms with Gasteiger partial charge in [0.2, 0.25) is 15.9 Å². The maximum atomic E-state index is 12.8. The van der Waals surface area contributed by atoms with E-state index in [-0.39, 0.29) is 47.6 Å². The van der Waals surface area contributed by atoms with Crippen molar-refractivity contribution in [1.29, 1.82) is 0 Å². The van der Waals surface area contributed by atoms with Crippen molar-refractivity contribution < 1.29 is 22.7 Å². The standard InChI is InChI=1S/C19H20Cl2N2O5S/c20-15-6-5-14(29(25,26)23-8-11-27-12-9-23)13-17(15)22-19(24)7-10-28-18-4-2-1-3-16(18)21/h1-6,13H,7-12H2,(H,22,24). The summed E-state index contributed by atoms with van der Waals surface area (Å²) < 4.78 is 37.6. The molecule has 156 valence electrons. The highest BCUT2D eigenvalue weighted by Gasteiger charge is 2.27. The van der Waals surface area contributed by atoms with Crippen molar-refractivity contribution >= 4 is 44.8 Å². The van der Waals surface area contributed by atoms with Crippen LogP contribution < -0.4 is 10.1 Å². The van der Waals surface area contributed by atoms with Gasteiger partial charge in [0, 0.05) is 13.1 Å². The Morgan fingerprint density at radius 2 is 1.83 bits per heavy atom. The summed E-state index contributed by atoms with van der Waals surface area (Å²) in [6, 6.07) is 11.2. The number of nitrogens with zero attached hydrogens (tertiary/aromatic N) is 1. The number of amides is 1. The molecule has 1 saturated heterocycles. The SMILES string of the molecule is O=C(CCOc1ccccc1Cl)Nc1cc(S(=O)(=O)N2CCOCC2)ccc1Cl. The largest absolute Gasteiger partial charge is 0.491 e. The molecule has 2 aromatic rings. The number of sulfonamides is 1. The van der Waals surface area contributed by atoms with E-state index >= 15 is 0 Å². The quantitative estimate of drug-likeness (QED) is 0.686. The van der Waals surface area contributed by atoms with Crippen LogP contribution in [0.2, 0.25) is 10.0 Å². The van der Waals surface area contributed by atoms with Crippen molar-refractivity contribution in [1.82, 2.24) is 4.31 Å². The van der Waals surface area contributed by atoms with Gasteiger partial charge in [-0.15, -0.1) is 0 Å². The number of anilines is 1. The molecule has 1 heterocycles. The van der Waals surface area contributed by atoms with Crippen LogP contribution >= 0.6 is 23.2 Å². The van der Waals surface area contributed by atoms with Gasteiger partial charge in [-0.05, 0) is 30.3 Å². The zero-order valence-electron chi connectivity index (χ0n) is 15.4. The number of halogens is 2. The van der Waals surface area contributed by atoms with Crippen LogP contribution in [0.4, 0.5) is 5.69 Å². The average Bonchev–Trinajstić information content (AvgIpc) is 2.71. The number of para-hydroxylation sites is 1. The molecule has 0 saturated carbocycles. The van der Waals surface area contributed by atoms with Gasteiger partial charge in [0.05, 0.1) is 46.9 Å². The van der Waals surface area contributed by atoms with Gasteiger partial charge in [-0.1, -0.05) is 35.3 Å². The van der Waals surface area contributed by atoms with Crippen LogP contribution in [-0.2, 0) is 19.6 Å². The van der Waals surface area contributed by atoms with Gasteiger partial charge in [0.25, 0.3) is 0 Å². The first-order valence-electron chi connectivity index (χ1n) is 8.92. The summed E-state index contributed by atoms with van der Waals surface area (Å²) in [5.74, 6) is 0.124. The lowest BCUT2D eigenvalue weighted by Crippen LogP contribution is -2.40. The van der Waals surface area contributed by atoms with Crippen LogP contribution in [-0.4, -0.2) is 51.5 Å². The number of carbonyl (C=O) groups excluding carboxylic acids is 1. The van der Waals surface area contributed by atoms with Crippen molar-refractivity contribution in [3.05, 3.63) is 52.5 Å². The highest BCUT2D eigenvalue weighted by Crippen LogP contribution is 2.28. The molecule has 0 unspecified atom stereocenters. The van der Waals surface area contributed by atoms with Crippen LogP contribution in [0.5, 0.6) is 5.75 Å². The number of carbonyl (C=O) groups is 1. The van der Waals surface area contributed by atoms with E-state index in [2.05, 4.69) is 5.32 Å². The summed E-state index contributed by atoms with van der Waals surface area (Å²) in [7, 11) is -3.69. The highest BCUT2D eigenvalue weighted by atomic mass is 35.5. The Morgan fingerprint density at radius 3 is 2.55 bits per heavy atom. The molecule has 0 aliphatic carbocycles. The molecule has 1 aliphatic heterocycles. The van der Waals surface area contributed by atoms with Gasteiger partial charge >= 0.3 is 0 Å². The molecule has 1 amide bonds. The fourth-order valence-corrected chi connectivity index (χ4v) is 4.51. The van der Waals surface area contributed by atoms with Gasteiger partial charge < -0.3 is 14.8 Å². The predicted molar refractivity (Wildman–Crippen MR) is 111 cm³/mol. The summed E-state index contributed by atoms with van der Waals surface area (Å²) in [6.07, 6.45) is 0.0436. The molecule has 1 fully saturated rings. The predicted octanol–water partition coefficient (Wildman–Crippen LogP) is 3.42. The third-order valence-electron chi connectivity index (χ3n) is 4.24. The van der Waals surface area contributed by atoms with Crippen molar-refractivity contribution in [3.8, 4) is 5.75 Å². The van der Waals surface area contributed by atoms with E-state index in [4.69, 9.17) is 32.7 Å². The zero-order valence-corrected chi connectivity index (χ0v) is 17.8. The third-order valence-corrected chi connectivity index (χ3v) is 6.78. The summed E-state index contributed by atoms with van der Waals surface area (Å²) in [5, 5.41) is 3.33. The Hall–Kier alpha value is -1.84. The number of hydrogen-bond acceptors (Lipinski definition) is 5. The summed E-state index contributed by atoms with van der Waals surface area (Å²) >= 11 is 12.1.